The van der Waals surface area contributed by atoms with Crippen molar-refractivity contribution in [2.24, 2.45) is 11.7 Å². The lowest BCUT2D eigenvalue weighted by atomic mass is 9.91. The Balaban J connectivity index is 2.21. The SMILES string of the molecule is CCC1CCCN(C(c2cccc(OC)c2)C(C)N)C1. The van der Waals surface area contributed by atoms with Crippen LogP contribution >= 0.6 is 0 Å². The molecule has 0 aliphatic carbocycles. The Labute approximate surface area is 123 Å². The summed E-state index contributed by atoms with van der Waals surface area (Å²) in [6.45, 7) is 6.72. The van der Waals surface area contributed by atoms with Crippen LogP contribution in [0.15, 0.2) is 24.3 Å². The van der Waals surface area contributed by atoms with E-state index in [1.54, 1.807) is 7.11 Å². The van der Waals surface area contributed by atoms with Crippen molar-refractivity contribution in [2.45, 2.75) is 45.2 Å². The van der Waals surface area contributed by atoms with E-state index in [0.29, 0.717) is 6.04 Å². The van der Waals surface area contributed by atoms with Gasteiger partial charge in [0.2, 0.25) is 0 Å². The molecule has 112 valence electrons. The smallest absolute Gasteiger partial charge is 0.119 e. The summed E-state index contributed by atoms with van der Waals surface area (Å²) in [6.07, 6.45) is 3.91. The predicted molar refractivity (Wildman–Crippen MR) is 84.0 cm³/mol. The maximum absolute atomic E-state index is 6.30. The molecule has 3 nitrogen and oxygen atoms in total. The fourth-order valence-corrected chi connectivity index (χ4v) is 3.36. The van der Waals surface area contributed by atoms with E-state index in [1.165, 1.54) is 31.4 Å². The molecule has 0 bridgehead atoms. The summed E-state index contributed by atoms with van der Waals surface area (Å²) < 4.78 is 5.36. The number of rotatable bonds is 5. The average molecular weight is 276 g/mol. The molecule has 1 saturated heterocycles. The molecule has 20 heavy (non-hydrogen) atoms. The second-order valence-corrected chi connectivity index (χ2v) is 5.99. The molecule has 0 saturated carbocycles. The highest BCUT2D eigenvalue weighted by Gasteiger charge is 2.28. The number of hydrogen-bond donors (Lipinski definition) is 1. The van der Waals surface area contributed by atoms with E-state index in [0.717, 1.165) is 18.2 Å². The Bertz CT molecular complexity index is 419. The van der Waals surface area contributed by atoms with Crippen molar-refractivity contribution < 1.29 is 4.74 Å². The van der Waals surface area contributed by atoms with Gasteiger partial charge in [0.1, 0.15) is 5.75 Å². The van der Waals surface area contributed by atoms with Crippen molar-refractivity contribution in [3.8, 4) is 5.75 Å². The summed E-state index contributed by atoms with van der Waals surface area (Å²) in [5, 5.41) is 0. The van der Waals surface area contributed by atoms with Gasteiger partial charge in [0.15, 0.2) is 0 Å². The second-order valence-electron chi connectivity index (χ2n) is 5.99. The van der Waals surface area contributed by atoms with E-state index in [2.05, 4.69) is 36.9 Å². The van der Waals surface area contributed by atoms with Gasteiger partial charge in [-0.25, -0.2) is 0 Å². The van der Waals surface area contributed by atoms with Crippen LogP contribution in [0.4, 0.5) is 0 Å². The van der Waals surface area contributed by atoms with Gasteiger partial charge < -0.3 is 10.5 Å². The summed E-state index contributed by atoms with van der Waals surface area (Å²) in [5.74, 6) is 1.73. The Morgan fingerprint density at radius 3 is 2.90 bits per heavy atom. The topological polar surface area (TPSA) is 38.5 Å². The van der Waals surface area contributed by atoms with Crippen molar-refractivity contribution in [3.63, 3.8) is 0 Å². The van der Waals surface area contributed by atoms with Gasteiger partial charge in [-0.1, -0.05) is 25.5 Å². The first-order chi connectivity index (χ1) is 9.65. The van der Waals surface area contributed by atoms with Crippen LogP contribution < -0.4 is 10.5 Å². The Morgan fingerprint density at radius 2 is 2.25 bits per heavy atom. The molecule has 2 N–H and O–H groups in total. The van der Waals surface area contributed by atoms with Gasteiger partial charge in [-0.2, -0.15) is 0 Å². The van der Waals surface area contributed by atoms with Gasteiger partial charge >= 0.3 is 0 Å². The first-order valence-corrected chi connectivity index (χ1v) is 7.79. The molecule has 1 fully saturated rings. The van der Waals surface area contributed by atoms with Gasteiger partial charge in [0.05, 0.1) is 7.11 Å². The third-order valence-corrected chi connectivity index (χ3v) is 4.45. The van der Waals surface area contributed by atoms with Crippen molar-refractivity contribution in [1.82, 2.24) is 4.90 Å². The molecular weight excluding hydrogens is 248 g/mol. The van der Waals surface area contributed by atoms with E-state index in [-0.39, 0.29) is 6.04 Å². The minimum Gasteiger partial charge on any atom is -0.497 e. The van der Waals surface area contributed by atoms with Gasteiger partial charge in [-0.05, 0) is 49.9 Å². The third-order valence-electron chi connectivity index (χ3n) is 4.45. The van der Waals surface area contributed by atoms with Crippen LogP contribution in [0.3, 0.4) is 0 Å². The van der Waals surface area contributed by atoms with E-state index in [9.17, 15) is 0 Å². The number of ether oxygens (including phenoxy) is 1. The zero-order valence-electron chi connectivity index (χ0n) is 13.0. The molecule has 3 atom stereocenters. The number of hydrogen-bond acceptors (Lipinski definition) is 3. The van der Waals surface area contributed by atoms with E-state index in [4.69, 9.17) is 10.5 Å². The summed E-state index contributed by atoms with van der Waals surface area (Å²) in [6, 6.07) is 8.77. The zero-order chi connectivity index (χ0) is 14.5. The Kier molecular flexibility index (Phi) is 5.44. The molecular formula is C17H28N2O. The molecule has 3 unspecified atom stereocenters. The van der Waals surface area contributed by atoms with E-state index >= 15 is 0 Å². The zero-order valence-corrected chi connectivity index (χ0v) is 13.0. The number of likely N-dealkylation sites (tertiary alicyclic amines) is 1. The van der Waals surface area contributed by atoms with Crippen LogP contribution in [0, 0.1) is 5.92 Å². The van der Waals surface area contributed by atoms with Gasteiger partial charge in [-0.3, -0.25) is 4.90 Å². The molecule has 1 heterocycles. The maximum Gasteiger partial charge on any atom is 0.119 e. The molecule has 1 aliphatic heterocycles. The van der Waals surface area contributed by atoms with Crippen LogP contribution in [-0.4, -0.2) is 31.1 Å². The molecule has 1 aromatic rings. The molecule has 2 rings (SSSR count). The van der Waals surface area contributed by atoms with Crippen molar-refractivity contribution in [2.75, 3.05) is 20.2 Å². The van der Waals surface area contributed by atoms with Crippen molar-refractivity contribution >= 4 is 0 Å². The summed E-state index contributed by atoms with van der Waals surface area (Å²) in [7, 11) is 1.72. The monoisotopic (exact) mass is 276 g/mol. The van der Waals surface area contributed by atoms with Gasteiger partial charge in [-0.15, -0.1) is 0 Å². The minimum absolute atomic E-state index is 0.123. The van der Waals surface area contributed by atoms with Crippen LogP contribution in [0.25, 0.3) is 0 Å². The average Bonchev–Trinajstić information content (AvgIpc) is 2.47. The first-order valence-electron chi connectivity index (χ1n) is 7.79. The molecule has 0 amide bonds. The summed E-state index contributed by atoms with van der Waals surface area (Å²) in [5.41, 5.74) is 7.57. The highest BCUT2D eigenvalue weighted by molar-refractivity contribution is 5.31. The van der Waals surface area contributed by atoms with Gasteiger partial charge in [0.25, 0.3) is 0 Å². The standard InChI is InChI=1S/C17H28N2O/c1-4-14-7-6-10-19(12-14)17(13(2)18)15-8-5-9-16(11-15)20-3/h5,8-9,11,13-14,17H,4,6-7,10,12,18H2,1-3H3. The Morgan fingerprint density at radius 1 is 1.45 bits per heavy atom. The summed E-state index contributed by atoms with van der Waals surface area (Å²) >= 11 is 0. The summed E-state index contributed by atoms with van der Waals surface area (Å²) in [4.78, 5) is 2.57. The molecule has 0 spiro atoms. The predicted octanol–water partition coefficient (Wildman–Crippen LogP) is 3.21. The maximum atomic E-state index is 6.30. The van der Waals surface area contributed by atoms with Crippen LogP contribution in [0.1, 0.15) is 44.7 Å². The number of methoxy groups -OCH3 is 1. The molecule has 0 aromatic heterocycles. The number of nitrogens with zero attached hydrogens (tertiary/aromatic N) is 1. The van der Waals surface area contributed by atoms with Crippen molar-refractivity contribution in [3.05, 3.63) is 29.8 Å². The molecule has 1 aromatic carbocycles. The highest BCUT2D eigenvalue weighted by atomic mass is 16.5. The van der Waals surface area contributed by atoms with Crippen LogP contribution in [0.2, 0.25) is 0 Å². The molecule has 0 radical (unpaired) electrons. The lowest BCUT2D eigenvalue weighted by Gasteiger charge is -2.40. The van der Waals surface area contributed by atoms with Crippen LogP contribution in [0.5, 0.6) is 5.75 Å². The van der Waals surface area contributed by atoms with Gasteiger partial charge in [0, 0.05) is 18.6 Å². The second kappa shape index (κ2) is 7.09. The van der Waals surface area contributed by atoms with E-state index in [1.807, 2.05) is 6.07 Å². The van der Waals surface area contributed by atoms with E-state index < -0.39 is 0 Å². The number of piperidine rings is 1. The fourth-order valence-electron chi connectivity index (χ4n) is 3.36. The molecule has 3 heteroatoms. The normalized spacial score (nSPS) is 23.3. The first kappa shape index (κ1) is 15.3. The fraction of sp³-hybridized carbons (Fsp3) is 0.647. The molecule has 1 aliphatic rings. The quantitative estimate of drug-likeness (QED) is 0.897. The minimum atomic E-state index is 0.123. The lowest BCUT2D eigenvalue weighted by Crippen LogP contribution is -2.44. The number of nitrogens with two attached hydrogens (primary N) is 1. The number of benzene rings is 1. The van der Waals surface area contributed by atoms with Crippen LogP contribution in [-0.2, 0) is 0 Å². The lowest BCUT2D eigenvalue weighted by molar-refractivity contribution is 0.108. The highest BCUT2D eigenvalue weighted by Crippen LogP contribution is 2.31. The van der Waals surface area contributed by atoms with Crippen molar-refractivity contribution in [1.29, 1.82) is 0 Å². The largest absolute Gasteiger partial charge is 0.497 e. The third kappa shape index (κ3) is 3.53. The Hall–Kier alpha value is -1.06.